The first-order valence-electron chi connectivity index (χ1n) is 10.9. The van der Waals surface area contributed by atoms with Crippen molar-refractivity contribution in [2.24, 2.45) is 5.92 Å². The van der Waals surface area contributed by atoms with Crippen LogP contribution in [0.1, 0.15) is 37.3 Å². The molecular formula is C25H31N3O. The third-order valence-corrected chi connectivity index (χ3v) is 5.71. The topological polar surface area (TPSA) is 48.1 Å². The minimum absolute atomic E-state index is 0.0196. The molecule has 1 fully saturated rings. The molecular weight excluding hydrogens is 358 g/mol. The lowest BCUT2D eigenvalue weighted by Crippen LogP contribution is -2.29. The number of benzene rings is 2. The molecule has 2 N–H and O–H groups in total. The van der Waals surface area contributed by atoms with Gasteiger partial charge < -0.3 is 15.2 Å². The Balaban J connectivity index is 1.40. The highest BCUT2D eigenvalue weighted by Gasteiger charge is 2.23. The number of aromatic amines is 1. The van der Waals surface area contributed by atoms with Gasteiger partial charge in [0.05, 0.1) is 6.42 Å². The van der Waals surface area contributed by atoms with Crippen LogP contribution in [0.3, 0.4) is 0 Å². The predicted octanol–water partition coefficient (Wildman–Crippen LogP) is 5.01. The molecule has 0 bridgehead atoms. The molecule has 1 heterocycles. The van der Waals surface area contributed by atoms with Crippen molar-refractivity contribution < 1.29 is 4.79 Å². The van der Waals surface area contributed by atoms with Crippen LogP contribution in [0.15, 0.2) is 54.7 Å². The van der Waals surface area contributed by atoms with Crippen molar-refractivity contribution in [3.05, 3.63) is 65.9 Å². The van der Waals surface area contributed by atoms with E-state index in [0.29, 0.717) is 6.42 Å². The van der Waals surface area contributed by atoms with E-state index in [0.717, 1.165) is 35.7 Å². The number of carbonyl (C=O) groups is 1. The van der Waals surface area contributed by atoms with Crippen molar-refractivity contribution >= 4 is 22.5 Å². The van der Waals surface area contributed by atoms with E-state index in [4.69, 9.17) is 0 Å². The number of H-pyrrole nitrogens is 1. The monoisotopic (exact) mass is 389 g/mol. The molecule has 0 atom stereocenters. The van der Waals surface area contributed by atoms with Gasteiger partial charge in [0.15, 0.2) is 0 Å². The SMILES string of the molecule is CCCN(CCc1c[nH]c2ccc(NC(=O)Cc3ccccc3)cc12)CC1CC1. The van der Waals surface area contributed by atoms with Gasteiger partial charge in [-0.15, -0.1) is 0 Å². The Labute approximate surface area is 173 Å². The maximum absolute atomic E-state index is 12.4. The first kappa shape index (κ1) is 19.7. The highest BCUT2D eigenvalue weighted by atomic mass is 16.1. The molecule has 3 aromatic rings. The number of rotatable bonds is 10. The molecule has 4 rings (SSSR count). The highest BCUT2D eigenvalue weighted by molar-refractivity contribution is 5.95. The second-order valence-electron chi connectivity index (χ2n) is 8.28. The fourth-order valence-electron chi connectivity index (χ4n) is 4.00. The van der Waals surface area contributed by atoms with Gasteiger partial charge in [-0.05, 0) is 67.5 Å². The summed E-state index contributed by atoms with van der Waals surface area (Å²) in [7, 11) is 0. The number of anilines is 1. The molecule has 0 aliphatic heterocycles. The Kier molecular flexibility index (Phi) is 6.30. The van der Waals surface area contributed by atoms with Gasteiger partial charge in [-0.25, -0.2) is 0 Å². The van der Waals surface area contributed by atoms with Crippen molar-refractivity contribution in [3.63, 3.8) is 0 Å². The summed E-state index contributed by atoms with van der Waals surface area (Å²) in [5, 5.41) is 4.27. The first-order valence-corrected chi connectivity index (χ1v) is 10.9. The minimum Gasteiger partial charge on any atom is -0.361 e. The van der Waals surface area contributed by atoms with Crippen molar-refractivity contribution in [1.29, 1.82) is 0 Å². The van der Waals surface area contributed by atoms with Crippen molar-refractivity contribution in [2.45, 2.75) is 39.0 Å². The van der Waals surface area contributed by atoms with Gasteiger partial charge in [0.1, 0.15) is 0 Å². The second-order valence-corrected chi connectivity index (χ2v) is 8.28. The third kappa shape index (κ3) is 5.48. The maximum Gasteiger partial charge on any atom is 0.228 e. The average Bonchev–Trinajstić information content (AvgIpc) is 3.45. The molecule has 4 heteroatoms. The van der Waals surface area contributed by atoms with Gasteiger partial charge in [0.25, 0.3) is 0 Å². The van der Waals surface area contributed by atoms with E-state index in [1.54, 1.807) is 0 Å². The van der Waals surface area contributed by atoms with Gasteiger partial charge in [0.2, 0.25) is 5.91 Å². The zero-order valence-electron chi connectivity index (χ0n) is 17.3. The summed E-state index contributed by atoms with van der Waals surface area (Å²) in [4.78, 5) is 18.4. The van der Waals surface area contributed by atoms with Gasteiger partial charge in [-0.1, -0.05) is 37.3 Å². The fraction of sp³-hybridized carbons (Fsp3) is 0.400. The number of hydrogen-bond acceptors (Lipinski definition) is 2. The second kappa shape index (κ2) is 9.27. The Morgan fingerprint density at radius 1 is 1.14 bits per heavy atom. The largest absolute Gasteiger partial charge is 0.361 e. The van der Waals surface area contributed by atoms with Crippen LogP contribution in [0.25, 0.3) is 10.9 Å². The summed E-state index contributed by atoms with van der Waals surface area (Å²) in [5.74, 6) is 0.946. The van der Waals surface area contributed by atoms with Gasteiger partial charge in [-0.2, -0.15) is 0 Å². The van der Waals surface area contributed by atoms with Crippen LogP contribution in [-0.2, 0) is 17.6 Å². The fourth-order valence-corrected chi connectivity index (χ4v) is 4.00. The van der Waals surface area contributed by atoms with E-state index in [2.05, 4.69) is 40.5 Å². The molecule has 29 heavy (non-hydrogen) atoms. The molecule has 0 unspecified atom stereocenters. The number of aromatic nitrogens is 1. The highest BCUT2D eigenvalue weighted by Crippen LogP contribution is 2.30. The quantitative estimate of drug-likeness (QED) is 0.512. The van der Waals surface area contributed by atoms with Crippen LogP contribution in [0, 0.1) is 5.92 Å². The van der Waals surface area contributed by atoms with Crippen molar-refractivity contribution in [1.82, 2.24) is 9.88 Å². The number of amides is 1. The molecule has 1 aliphatic carbocycles. The molecule has 152 valence electrons. The molecule has 1 amide bonds. The standard InChI is InChI=1S/C25H31N3O/c1-2-13-28(18-20-8-9-20)14-12-21-17-26-24-11-10-22(16-23(21)24)27-25(29)15-19-6-4-3-5-7-19/h3-7,10-11,16-17,20,26H,2,8-9,12-15,18H2,1H3,(H,27,29). The van der Waals surface area contributed by atoms with E-state index in [1.807, 2.05) is 36.4 Å². The predicted molar refractivity (Wildman–Crippen MR) is 120 cm³/mol. The molecule has 4 nitrogen and oxygen atoms in total. The number of carbonyl (C=O) groups excluding carboxylic acids is 1. The molecule has 1 aliphatic rings. The summed E-state index contributed by atoms with van der Waals surface area (Å²) in [6.45, 7) is 5.79. The number of hydrogen-bond donors (Lipinski definition) is 2. The van der Waals surface area contributed by atoms with Crippen LogP contribution in [0.5, 0.6) is 0 Å². The van der Waals surface area contributed by atoms with Gasteiger partial charge in [0, 0.05) is 35.9 Å². The van der Waals surface area contributed by atoms with Crippen molar-refractivity contribution in [2.75, 3.05) is 25.0 Å². The Morgan fingerprint density at radius 2 is 1.97 bits per heavy atom. The first-order chi connectivity index (χ1) is 14.2. The summed E-state index contributed by atoms with van der Waals surface area (Å²) in [5.41, 5.74) is 4.35. The van der Waals surface area contributed by atoms with E-state index < -0.39 is 0 Å². The van der Waals surface area contributed by atoms with Crippen LogP contribution < -0.4 is 5.32 Å². The zero-order chi connectivity index (χ0) is 20.1. The molecule has 0 saturated heterocycles. The number of nitrogens with zero attached hydrogens (tertiary/aromatic N) is 1. The molecule has 1 aromatic heterocycles. The molecule has 2 aromatic carbocycles. The van der Waals surface area contributed by atoms with Crippen molar-refractivity contribution in [3.8, 4) is 0 Å². The summed E-state index contributed by atoms with van der Waals surface area (Å²) in [6, 6.07) is 16.0. The third-order valence-electron chi connectivity index (χ3n) is 5.71. The van der Waals surface area contributed by atoms with E-state index >= 15 is 0 Å². The van der Waals surface area contributed by atoms with Crippen LogP contribution in [-0.4, -0.2) is 35.4 Å². The van der Waals surface area contributed by atoms with E-state index in [9.17, 15) is 4.79 Å². The summed E-state index contributed by atoms with van der Waals surface area (Å²) in [6.07, 6.45) is 7.57. The molecule has 0 spiro atoms. The van der Waals surface area contributed by atoms with E-state index in [-0.39, 0.29) is 5.91 Å². The minimum atomic E-state index is 0.0196. The zero-order valence-corrected chi connectivity index (χ0v) is 17.3. The Morgan fingerprint density at radius 3 is 2.72 bits per heavy atom. The Hall–Kier alpha value is -2.59. The summed E-state index contributed by atoms with van der Waals surface area (Å²) < 4.78 is 0. The average molecular weight is 390 g/mol. The van der Waals surface area contributed by atoms with Gasteiger partial charge >= 0.3 is 0 Å². The van der Waals surface area contributed by atoms with Crippen LogP contribution >= 0.6 is 0 Å². The lowest BCUT2D eigenvalue weighted by atomic mass is 10.1. The number of nitrogens with one attached hydrogen (secondary N) is 2. The summed E-state index contributed by atoms with van der Waals surface area (Å²) >= 11 is 0. The van der Waals surface area contributed by atoms with Crippen LogP contribution in [0.4, 0.5) is 5.69 Å². The van der Waals surface area contributed by atoms with E-state index in [1.165, 1.54) is 43.3 Å². The normalized spacial score (nSPS) is 13.9. The lowest BCUT2D eigenvalue weighted by Gasteiger charge is -2.21. The van der Waals surface area contributed by atoms with Gasteiger partial charge in [-0.3, -0.25) is 4.79 Å². The smallest absolute Gasteiger partial charge is 0.228 e. The maximum atomic E-state index is 12.4. The Bertz CT molecular complexity index is 943. The van der Waals surface area contributed by atoms with Crippen LogP contribution in [0.2, 0.25) is 0 Å². The number of fused-ring (bicyclic) bond motifs is 1. The molecule has 0 radical (unpaired) electrons. The lowest BCUT2D eigenvalue weighted by molar-refractivity contribution is -0.115. The molecule has 1 saturated carbocycles.